The Bertz CT molecular complexity index is 621. The maximum absolute atomic E-state index is 12.1. The predicted molar refractivity (Wildman–Crippen MR) is 84.9 cm³/mol. The zero-order chi connectivity index (χ0) is 17.6. The molecule has 1 aromatic carbocycles. The molecule has 0 spiro atoms. The SMILES string of the molecule is COc1cccc(C(=O)OC(C)C(=O)NC(C)(C#N)C(C)C)c1. The van der Waals surface area contributed by atoms with Crippen molar-refractivity contribution >= 4 is 11.9 Å². The number of nitrogens with one attached hydrogen (secondary N) is 1. The summed E-state index contributed by atoms with van der Waals surface area (Å²) in [6.07, 6.45) is -1.01. The topological polar surface area (TPSA) is 88.4 Å². The van der Waals surface area contributed by atoms with Crippen molar-refractivity contribution in [3.05, 3.63) is 29.8 Å². The molecule has 0 radical (unpaired) electrons. The van der Waals surface area contributed by atoms with Crippen LogP contribution < -0.4 is 10.1 Å². The number of carbonyl (C=O) groups excluding carboxylic acids is 2. The van der Waals surface area contributed by atoms with Crippen LogP contribution in [0.5, 0.6) is 5.75 Å². The highest BCUT2D eigenvalue weighted by atomic mass is 16.5. The number of nitriles is 1. The first-order valence-electron chi connectivity index (χ1n) is 7.31. The summed E-state index contributed by atoms with van der Waals surface area (Å²) in [5.74, 6) is -0.708. The average molecular weight is 318 g/mol. The minimum atomic E-state index is -1.02. The maximum Gasteiger partial charge on any atom is 0.339 e. The second kappa shape index (κ2) is 7.63. The zero-order valence-corrected chi connectivity index (χ0v) is 14.0. The van der Waals surface area contributed by atoms with E-state index >= 15 is 0 Å². The summed E-state index contributed by atoms with van der Waals surface area (Å²) < 4.78 is 10.2. The maximum atomic E-state index is 12.1. The molecule has 1 N–H and O–H groups in total. The van der Waals surface area contributed by atoms with E-state index in [4.69, 9.17) is 9.47 Å². The molecule has 0 fully saturated rings. The summed E-state index contributed by atoms with van der Waals surface area (Å²) in [6.45, 7) is 6.75. The molecule has 0 saturated carbocycles. The van der Waals surface area contributed by atoms with Gasteiger partial charge in [0.2, 0.25) is 0 Å². The molecule has 1 rings (SSSR count). The molecule has 6 heteroatoms. The van der Waals surface area contributed by atoms with E-state index in [1.165, 1.54) is 20.1 Å². The van der Waals surface area contributed by atoms with Gasteiger partial charge in [-0.3, -0.25) is 4.79 Å². The van der Waals surface area contributed by atoms with Gasteiger partial charge in [0, 0.05) is 0 Å². The van der Waals surface area contributed by atoms with Crippen molar-refractivity contribution in [2.45, 2.75) is 39.3 Å². The van der Waals surface area contributed by atoms with Crippen LogP contribution in [0.2, 0.25) is 0 Å². The summed E-state index contributed by atoms with van der Waals surface area (Å²) in [5, 5.41) is 11.8. The number of methoxy groups -OCH3 is 1. The molecule has 0 heterocycles. The van der Waals surface area contributed by atoms with E-state index in [9.17, 15) is 14.9 Å². The molecule has 23 heavy (non-hydrogen) atoms. The molecule has 0 aliphatic carbocycles. The smallest absolute Gasteiger partial charge is 0.339 e. The van der Waals surface area contributed by atoms with E-state index in [2.05, 4.69) is 11.4 Å². The Balaban J connectivity index is 2.75. The first kappa shape index (κ1) is 18.5. The third-order valence-electron chi connectivity index (χ3n) is 3.73. The summed E-state index contributed by atoms with van der Waals surface area (Å²) in [7, 11) is 1.50. The normalized spacial score (nSPS) is 14.3. The fourth-order valence-electron chi connectivity index (χ4n) is 1.69. The van der Waals surface area contributed by atoms with Gasteiger partial charge in [0.1, 0.15) is 11.3 Å². The van der Waals surface area contributed by atoms with Crippen LogP contribution in [0.4, 0.5) is 0 Å². The molecule has 0 bridgehead atoms. The highest BCUT2D eigenvalue weighted by molar-refractivity contribution is 5.92. The number of esters is 1. The van der Waals surface area contributed by atoms with Crippen LogP contribution in [0.15, 0.2) is 24.3 Å². The zero-order valence-electron chi connectivity index (χ0n) is 14.0. The lowest BCUT2D eigenvalue weighted by Gasteiger charge is -2.28. The van der Waals surface area contributed by atoms with Crippen LogP contribution in [0.1, 0.15) is 38.1 Å². The second-order valence-electron chi connectivity index (χ2n) is 5.74. The van der Waals surface area contributed by atoms with Gasteiger partial charge in [-0.15, -0.1) is 0 Å². The van der Waals surface area contributed by atoms with Crippen LogP contribution in [-0.4, -0.2) is 30.6 Å². The van der Waals surface area contributed by atoms with E-state index in [-0.39, 0.29) is 11.5 Å². The number of rotatable bonds is 6. The molecule has 0 aliphatic rings. The minimum Gasteiger partial charge on any atom is -0.497 e. The number of hydrogen-bond acceptors (Lipinski definition) is 5. The van der Waals surface area contributed by atoms with Gasteiger partial charge >= 0.3 is 5.97 Å². The Morgan fingerprint density at radius 2 is 1.96 bits per heavy atom. The molecule has 6 nitrogen and oxygen atoms in total. The Kier molecular flexibility index (Phi) is 6.14. The highest BCUT2D eigenvalue weighted by Gasteiger charge is 2.32. The number of benzene rings is 1. The quantitative estimate of drug-likeness (QED) is 0.813. The van der Waals surface area contributed by atoms with Crippen molar-refractivity contribution in [1.82, 2.24) is 5.32 Å². The van der Waals surface area contributed by atoms with E-state index in [1.807, 2.05) is 13.8 Å². The van der Waals surface area contributed by atoms with Crippen molar-refractivity contribution in [3.8, 4) is 11.8 Å². The van der Waals surface area contributed by atoms with Gasteiger partial charge in [-0.2, -0.15) is 5.26 Å². The standard InChI is InChI=1S/C17H22N2O4/c1-11(2)17(4,10-18)19-15(20)12(3)23-16(21)13-7-6-8-14(9-13)22-5/h6-9,11-12H,1-5H3,(H,19,20). The lowest BCUT2D eigenvalue weighted by molar-refractivity contribution is -0.130. The van der Waals surface area contributed by atoms with E-state index < -0.39 is 23.5 Å². The minimum absolute atomic E-state index is 0.0854. The van der Waals surface area contributed by atoms with E-state index in [0.29, 0.717) is 5.75 Å². The summed E-state index contributed by atoms with van der Waals surface area (Å²) in [5.41, 5.74) is -0.732. The fraction of sp³-hybridized carbons (Fsp3) is 0.471. The van der Waals surface area contributed by atoms with Crippen molar-refractivity contribution in [2.75, 3.05) is 7.11 Å². The van der Waals surface area contributed by atoms with E-state index in [1.54, 1.807) is 25.1 Å². The van der Waals surface area contributed by atoms with Crippen molar-refractivity contribution in [2.24, 2.45) is 5.92 Å². The molecule has 1 aromatic rings. The lowest BCUT2D eigenvalue weighted by Crippen LogP contribution is -2.52. The Morgan fingerprint density at radius 1 is 1.30 bits per heavy atom. The molecular weight excluding hydrogens is 296 g/mol. The second-order valence-corrected chi connectivity index (χ2v) is 5.74. The van der Waals surface area contributed by atoms with Gasteiger partial charge in [-0.1, -0.05) is 19.9 Å². The first-order chi connectivity index (χ1) is 10.7. The van der Waals surface area contributed by atoms with Crippen LogP contribution in [0, 0.1) is 17.2 Å². The van der Waals surface area contributed by atoms with Gasteiger partial charge in [0.25, 0.3) is 5.91 Å². The number of nitrogens with zero attached hydrogens (tertiary/aromatic N) is 1. The van der Waals surface area contributed by atoms with Gasteiger partial charge in [0.15, 0.2) is 6.10 Å². The predicted octanol–water partition coefficient (Wildman–Crippen LogP) is 2.29. The number of hydrogen-bond donors (Lipinski definition) is 1. The molecule has 0 aliphatic heterocycles. The van der Waals surface area contributed by atoms with Gasteiger partial charge in [-0.25, -0.2) is 4.79 Å². The Labute approximate surface area is 136 Å². The van der Waals surface area contributed by atoms with Crippen molar-refractivity contribution in [1.29, 1.82) is 5.26 Å². The van der Waals surface area contributed by atoms with Crippen LogP contribution in [0.3, 0.4) is 0 Å². The average Bonchev–Trinajstić information content (AvgIpc) is 2.54. The molecule has 124 valence electrons. The van der Waals surface area contributed by atoms with Gasteiger partial charge in [-0.05, 0) is 38.0 Å². The third-order valence-corrected chi connectivity index (χ3v) is 3.73. The fourth-order valence-corrected chi connectivity index (χ4v) is 1.69. The summed E-state index contributed by atoms with van der Waals surface area (Å²) in [6, 6.07) is 8.54. The van der Waals surface area contributed by atoms with Crippen LogP contribution >= 0.6 is 0 Å². The molecule has 1 amide bonds. The summed E-state index contributed by atoms with van der Waals surface area (Å²) >= 11 is 0. The lowest BCUT2D eigenvalue weighted by atomic mass is 9.90. The van der Waals surface area contributed by atoms with Crippen molar-refractivity contribution < 1.29 is 19.1 Å². The molecular formula is C17H22N2O4. The monoisotopic (exact) mass is 318 g/mol. The molecule has 2 unspecified atom stereocenters. The largest absolute Gasteiger partial charge is 0.497 e. The molecule has 0 aromatic heterocycles. The van der Waals surface area contributed by atoms with Gasteiger partial charge < -0.3 is 14.8 Å². The first-order valence-corrected chi connectivity index (χ1v) is 7.31. The van der Waals surface area contributed by atoms with Crippen LogP contribution in [-0.2, 0) is 9.53 Å². The number of carbonyl (C=O) groups is 2. The highest BCUT2D eigenvalue weighted by Crippen LogP contribution is 2.17. The third kappa shape index (κ3) is 4.71. The Hall–Kier alpha value is -2.55. The van der Waals surface area contributed by atoms with Crippen LogP contribution in [0.25, 0.3) is 0 Å². The van der Waals surface area contributed by atoms with Gasteiger partial charge in [0.05, 0.1) is 18.7 Å². The Morgan fingerprint density at radius 3 is 2.48 bits per heavy atom. The van der Waals surface area contributed by atoms with E-state index in [0.717, 1.165) is 0 Å². The number of amides is 1. The van der Waals surface area contributed by atoms with Crippen molar-refractivity contribution in [3.63, 3.8) is 0 Å². The molecule has 2 atom stereocenters. The summed E-state index contributed by atoms with van der Waals surface area (Å²) in [4.78, 5) is 24.2. The number of ether oxygens (including phenoxy) is 2. The molecule has 0 saturated heterocycles.